The Bertz CT molecular complexity index is 754. The number of hydrogen-bond donors (Lipinski definition) is 1. The highest BCUT2D eigenvalue weighted by atomic mass is 16.5. The summed E-state index contributed by atoms with van der Waals surface area (Å²) < 4.78 is 10.7. The van der Waals surface area contributed by atoms with Crippen LogP contribution in [0.15, 0.2) is 54.6 Å². The Morgan fingerprint density at radius 1 is 0.571 bits per heavy atom. The molecular formula is C30H44O5. The first kappa shape index (κ1) is 30.2. The van der Waals surface area contributed by atoms with Gasteiger partial charge in [-0.05, 0) is 37.1 Å². The number of phenolic OH excluding ortho intramolecular Hbond substituents is 1. The molecule has 194 valence electrons. The van der Waals surface area contributed by atoms with Gasteiger partial charge in [0, 0.05) is 0 Å². The first-order valence-corrected chi connectivity index (χ1v) is 13.3. The number of esters is 2. The molecule has 0 saturated heterocycles. The van der Waals surface area contributed by atoms with Gasteiger partial charge in [0.1, 0.15) is 5.75 Å². The standard InChI is InChI=1S/C24H38O4.C6H6O/c1-3-5-7-9-11-15-19-27-23(25)21-17-13-14-18-22(21)24(26)28-20-16-12-10-8-6-4-2;7-6-4-2-1-3-5-6/h13-14,17-18H,3-12,15-16,19-20H2,1-2H3;1-5,7H. The van der Waals surface area contributed by atoms with Gasteiger partial charge in [-0.1, -0.05) is 108 Å². The summed E-state index contributed by atoms with van der Waals surface area (Å²) in [6, 6.07) is 15.5. The van der Waals surface area contributed by atoms with E-state index in [2.05, 4.69) is 13.8 Å². The second-order valence-electron chi connectivity index (χ2n) is 8.69. The molecule has 0 fully saturated rings. The number of carbonyl (C=O) groups is 2. The summed E-state index contributed by atoms with van der Waals surface area (Å²) in [4.78, 5) is 24.7. The van der Waals surface area contributed by atoms with Crippen LogP contribution in [0.2, 0.25) is 0 Å². The lowest BCUT2D eigenvalue weighted by Crippen LogP contribution is -2.15. The van der Waals surface area contributed by atoms with Crippen molar-refractivity contribution in [1.29, 1.82) is 0 Å². The minimum Gasteiger partial charge on any atom is -0.508 e. The SMILES string of the molecule is CCCCCCCCOC(=O)c1ccccc1C(=O)OCCCCCCCC.Oc1ccccc1. The van der Waals surface area contributed by atoms with Crippen molar-refractivity contribution in [3.8, 4) is 5.75 Å². The lowest BCUT2D eigenvalue weighted by atomic mass is 10.1. The Hall–Kier alpha value is -2.82. The van der Waals surface area contributed by atoms with E-state index >= 15 is 0 Å². The van der Waals surface area contributed by atoms with Crippen molar-refractivity contribution >= 4 is 11.9 Å². The van der Waals surface area contributed by atoms with E-state index < -0.39 is 11.9 Å². The Kier molecular flexibility index (Phi) is 17.7. The monoisotopic (exact) mass is 484 g/mol. The van der Waals surface area contributed by atoms with Gasteiger partial charge in [0.2, 0.25) is 0 Å². The number of ether oxygens (including phenoxy) is 2. The maximum absolute atomic E-state index is 12.4. The zero-order valence-corrected chi connectivity index (χ0v) is 21.7. The van der Waals surface area contributed by atoms with Crippen LogP contribution in [-0.2, 0) is 9.47 Å². The second kappa shape index (κ2) is 20.5. The molecule has 0 amide bonds. The molecule has 5 heteroatoms. The average molecular weight is 485 g/mol. The molecule has 0 radical (unpaired) electrons. The van der Waals surface area contributed by atoms with Gasteiger partial charge in [0.25, 0.3) is 0 Å². The molecule has 0 aliphatic heterocycles. The molecule has 0 bridgehead atoms. The third-order valence-corrected chi connectivity index (χ3v) is 5.59. The molecule has 0 atom stereocenters. The van der Waals surface area contributed by atoms with E-state index in [4.69, 9.17) is 14.6 Å². The van der Waals surface area contributed by atoms with Gasteiger partial charge in [-0.3, -0.25) is 0 Å². The molecule has 0 spiro atoms. The fourth-order valence-corrected chi connectivity index (χ4v) is 3.52. The Morgan fingerprint density at radius 2 is 0.943 bits per heavy atom. The van der Waals surface area contributed by atoms with Gasteiger partial charge >= 0.3 is 11.9 Å². The van der Waals surface area contributed by atoms with Gasteiger partial charge in [0.05, 0.1) is 24.3 Å². The van der Waals surface area contributed by atoms with E-state index in [1.54, 1.807) is 48.5 Å². The topological polar surface area (TPSA) is 72.8 Å². The quantitative estimate of drug-likeness (QED) is 0.192. The average Bonchev–Trinajstić information content (AvgIpc) is 2.88. The van der Waals surface area contributed by atoms with Crippen LogP contribution in [0.5, 0.6) is 5.75 Å². The predicted molar refractivity (Wildman–Crippen MR) is 142 cm³/mol. The molecule has 0 aliphatic rings. The van der Waals surface area contributed by atoms with E-state index in [1.807, 2.05) is 6.07 Å². The smallest absolute Gasteiger partial charge is 0.339 e. The van der Waals surface area contributed by atoms with Crippen molar-refractivity contribution in [2.24, 2.45) is 0 Å². The zero-order chi connectivity index (χ0) is 25.6. The summed E-state index contributed by atoms with van der Waals surface area (Å²) in [5.41, 5.74) is 0.586. The molecule has 0 aliphatic carbocycles. The molecular weight excluding hydrogens is 440 g/mol. The fraction of sp³-hybridized carbons (Fsp3) is 0.533. The first-order chi connectivity index (χ1) is 17.1. The molecule has 35 heavy (non-hydrogen) atoms. The van der Waals surface area contributed by atoms with Crippen LogP contribution in [0.1, 0.15) is 112 Å². The molecule has 5 nitrogen and oxygen atoms in total. The first-order valence-electron chi connectivity index (χ1n) is 13.3. The van der Waals surface area contributed by atoms with Gasteiger partial charge in [0.15, 0.2) is 0 Å². The van der Waals surface area contributed by atoms with Crippen molar-refractivity contribution in [2.75, 3.05) is 13.2 Å². The summed E-state index contributed by atoms with van der Waals surface area (Å²) in [6.07, 6.45) is 13.6. The van der Waals surface area contributed by atoms with Crippen LogP contribution in [0.4, 0.5) is 0 Å². The maximum atomic E-state index is 12.4. The number of carbonyl (C=O) groups excluding carboxylic acids is 2. The second-order valence-corrected chi connectivity index (χ2v) is 8.69. The number of phenols is 1. The van der Waals surface area contributed by atoms with Crippen LogP contribution < -0.4 is 0 Å². The fourth-order valence-electron chi connectivity index (χ4n) is 3.52. The Morgan fingerprint density at radius 3 is 1.31 bits per heavy atom. The number of para-hydroxylation sites is 1. The lowest BCUT2D eigenvalue weighted by molar-refractivity contribution is 0.0450. The van der Waals surface area contributed by atoms with E-state index in [0.717, 1.165) is 25.7 Å². The van der Waals surface area contributed by atoms with Gasteiger partial charge in [-0.25, -0.2) is 9.59 Å². The van der Waals surface area contributed by atoms with E-state index in [9.17, 15) is 9.59 Å². The number of benzene rings is 2. The summed E-state index contributed by atoms with van der Waals surface area (Å²) >= 11 is 0. The maximum Gasteiger partial charge on any atom is 0.339 e. The number of unbranched alkanes of at least 4 members (excludes halogenated alkanes) is 10. The number of hydrogen-bond acceptors (Lipinski definition) is 5. The van der Waals surface area contributed by atoms with E-state index in [0.29, 0.717) is 30.1 Å². The van der Waals surface area contributed by atoms with E-state index in [-0.39, 0.29) is 0 Å². The van der Waals surface area contributed by atoms with Crippen molar-refractivity contribution in [2.45, 2.75) is 90.9 Å². The van der Waals surface area contributed by atoms with E-state index in [1.165, 1.54) is 51.4 Å². The zero-order valence-electron chi connectivity index (χ0n) is 21.7. The van der Waals surface area contributed by atoms with Gasteiger partial charge < -0.3 is 14.6 Å². The van der Waals surface area contributed by atoms with Crippen molar-refractivity contribution in [3.05, 3.63) is 65.7 Å². The Balaban J connectivity index is 0.000000744. The van der Waals surface area contributed by atoms with Gasteiger partial charge in [-0.15, -0.1) is 0 Å². The minimum atomic E-state index is -0.444. The molecule has 0 saturated carbocycles. The van der Waals surface area contributed by atoms with Crippen molar-refractivity contribution in [1.82, 2.24) is 0 Å². The molecule has 2 aromatic rings. The molecule has 2 rings (SSSR count). The summed E-state index contributed by atoms with van der Waals surface area (Å²) in [5.74, 6) is -0.566. The van der Waals surface area contributed by atoms with Crippen molar-refractivity contribution < 1.29 is 24.2 Å². The summed E-state index contributed by atoms with van der Waals surface area (Å²) in [6.45, 7) is 5.17. The van der Waals surface area contributed by atoms with Crippen LogP contribution in [0, 0.1) is 0 Å². The number of rotatable bonds is 16. The van der Waals surface area contributed by atoms with Crippen LogP contribution in [-0.4, -0.2) is 30.3 Å². The normalized spacial score (nSPS) is 10.2. The highest BCUT2D eigenvalue weighted by molar-refractivity contribution is 6.03. The molecule has 0 aromatic heterocycles. The van der Waals surface area contributed by atoms with Crippen LogP contribution in [0.3, 0.4) is 0 Å². The number of aromatic hydroxyl groups is 1. The summed E-state index contributed by atoms with van der Waals surface area (Å²) in [5, 5.41) is 8.63. The van der Waals surface area contributed by atoms with Gasteiger partial charge in [-0.2, -0.15) is 0 Å². The largest absolute Gasteiger partial charge is 0.508 e. The third-order valence-electron chi connectivity index (χ3n) is 5.59. The van der Waals surface area contributed by atoms with Crippen molar-refractivity contribution in [3.63, 3.8) is 0 Å². The minimum absolute atomic E-state index is 0.293. The molecule has 0 unspecified atom stereocenters. The predicted octanol–water partition coefficient (Wildman–Crippen LogP) is 8.11. The molecule has 2 aromatic carbocycles. The van der Waals surface area contributed by atoms with Crippen LogP contribution >= 0.6 is 0 Å². The lowest BCUT2D eigenvalue weighted by Gasteiger charge is -2.10. The molecule has 1 N–H and O–H groups in total. The van der Waals surface area contributed by atoms with Crippen LogP contribution in [0.25, 0.3) is 0 Å². The third kappa shape index (κ3) is 14.9. The highest BCUT2D eigenvalue weighted by Crippen LogP contribution is 2.14. The highest BCUT2D eigenvalue weighted by Gasteiger charge is 2.18. The summed E-state index contributed by atoms with van der Waals surface area (Å²) in [7, 11) is 0. The molecule has 0 heterocycles. The Labute approximate surface area is 211 Å².